The Morgan fingerprint density at radius 3 is 2.18 bits per heavy atom. The van der Waals surface area contributed by atoms with Crippen molar-refractivity contribution in [1.82, 2.24) is 4.98 Å². The van der Waals surface area contributed by atoms with E-state index in [1.54, 1.807) is 4.90 Å². The monoisotopic (exact) mass is 295 g/mol. The predicted molar refractivity (Wildman–Crippen MR) is 67.2 cm³/mol. The molecule has 0 aromatic carbocycles. The van der Waals surface area contributed by atoms with Gasteiger partial charge in [-0.05, 0) is 13.8 Å². The van der Waals surface area contributed by atoms with Gasteiger partial charge in [0, 0.05) is 13.1 Å². The summed E-state index contributed by atoms with van der Waals surface area (Å²) in [6, 6.07) is 0. The Hall–Kier alpha value is -0.710. The number of hydrogen-bond donors (Lipinski definition) is 0. The molecule has 0 N–H and O–H groups in total. The van der Waals surface area contributed by atoms with Crippen LogP contribution in [0.2, 0.25) is 15.3 Å². The van der Waals surface area contributed by atoms with Crippen LogP contribution in [0, 0.1) is 0 Å². The van der Waals surface area contributed by atoms with Crippen LogP contribution >= 0.6 is 34.8 Å². The number of aromatic carboxylic acids is 1. The second-order valence-corrected chi connectivity index (χ2v) is 4.28. The van der Waals surface area contributed by atoms with Crippen molar-refractivity contribution in [3.05, 3.63) is 20.9 Å². The topological polar surface area (TPSA) is 56.3 Å². The van der Waals surface area contributed by atoms with E-state index in [0.29, 0.717) is 13.1 Å². The van der Waals surface area contributed by atoms with Gasteiger partial charge in [-0.2, -0.15) is 0 Å². The summed E-state index contributed by atoms with van der Waals surface area (Å²) in [5, 5.41) is 10.9. The lowest BCUT2D eigenvalue weighted by Crippen LogP contribution is -2.30. The van der Waals surface area contributed by atoms with E-state index in [0.717, 1.165) is 0 Å². The van der Waals surface area contributed by atoms with E-state index in [1.165, 1.54) is 0 Å². The first-order chi connectivity index (χ1) is 7.93. The number of rotatable bonds is 4. The van der Waals surface area contributed by atoms with E-state index in [9.17, 15) is 9.90 Å². The standard InChI is InChI=1S/C10H11Cl3N2O2/c1-3-15(4-2)7-5(10(16)17)8(12)14-9(13)6(7)11/h3-4H2,1-2H3,(H,16,17)/p-1. The van der Waals surface area contributed by atoms with Crippen LogP contribution in [-0.4, -0.2) is 24.0 Å². The number of nitrogens with zero attached hydrogens (tertiary/aromatic N) is 2. The summed E-state index contributed by atoms with van der Waals surface area (Å²) >= 11 is 17.5. The fourth-order valence-electron chi connectivity index (χ4n) is 1.51. The van der Waals surface area contributed by atoms with Gasteiger partial charge in [0.15, 0.2) is 5.15 Å². The minimum atomic E-state index is -1.43. The lowest BCUT2D eigenvalue weighted by Gasteiger charge is -2.26. The molecule has 0 fully saturated rings. The molecule has 4 nitrogen and oxygen atoms in total. The summed E-state index contributed by atoms with van der Waals surface area (Å²) in [6.45, 7) is 4.85. The van der Waals surface area contributed by atoms with Crippen LogP contribution in [0.25, 0.3) is 0 Å². The van der Waals surface area contributed by atoms with Crippen molar-refractivity contribution in [3.63, 3.8) is 0 Å². The summed E-state index contributed by atoms with van der Waals surface area (Å²) in [5.41, 5.74) is 0.0198. The average Bonchev–Trinajstić information content (AvgIpc) is 2.25. The third-order valence-electron chi connectivity index (χ3n) is 2.31. The second-order valence-electron chi connectivity index (χ2n) is 3.19. The molecule has 0 aliphatic heterocycles. The van der Waals surface area contributed by atoms with Gasteiger partial charge >= 0.3 is 0 Å². The van der Waals surface area contributed by atoms with Crippen LogP contribution in [0.15, 0.2) is 0 Å². The number of hydrogen-bond acceptors (Lipinski definition) is 4. The molecular formula is C10H10Cl3N2O2-. The lowest BCUT2D eigenvalue weighted by molar-refractivity contribution is -0.254. The Labute approximate surface area is 114 Å². The predicted octanol–water partition coefficient (Wildman–Crippen LogP) is 2.25. The van der Waals surface area contributed by atoms with Gasteiger partial charge in [-0.1, -0.05) is 34.8 Å². The van der Waals surface area contributed by atoms with E-state index in [4.69, 9.17) is 34.8 Å². The summed E-state index contributed by atoms with van der Waals surface area (Å²) in [7, 11) is 0. The van der Waals surface area contributed by atoms with Crippen LogP contribution in [0.5, 0.6) is 0 Å². The van der Waals surface area contributed by atoms with Crippen molar-refractivity contribution in [3.8, 4) is 0 Å². The maximum absolute atomic E-state index is 11.1. The van der Waals surface area contributed by atoms with Gasteiger partial charge < -0.3 is 14.8 Å². The normalized spacial score (nSPS) is 10.4. The summed E-state index contributed by atoms with van der Waals surface area (Å²) in [6.07, 6.45) is 0. The minimum absolute atomic E-state index is 0.0245. The number of carboxylic acids is 1. The molecule has 1 heterocycles. The molecule has 17 heavy (non-hydrogen) atoms. The Bertz CT molecular complexity index is 448. The molecule has 0 unspecified atom stereocenters. The highest BCUT2D eigenvalue weighted by atomic mass is 35.5. The van der Waals surface area contributed by atoms with Crippen LogP contribution in [0.3, 0.4) is 0 Å². The number of carbonyl (C=O) groups excluding carboxylic acids is 1. The van der Waals surface area contributed by atoms with Crippen molar-refractivity contribution in [2.45, 2.75) is 13.8 Å². The number of aromatic nitrogens is 1. The molecule has 0 saturated carbocycles. The van der Waals surface area contributed by atoms with Crippen molar-refractivity contribution in [2.75, 3.05) is 18.0 Å². The zero-order valence-corrected chi connectivity index (χ0v) is 11.5. The van der Waals surface area contributed by atoms with Crippen molar-refractivity contribution in [1.29, 1.82) is 0 Å². The molecule has 94 valence electrons. The molecule has 0 aliphatic carbocycles. The zero-order chi connectivity index (χ0) is 13.2. The largest absolute Gasteiger partial charge is 0.545 e. The molecular weight excluding hydrogens is 286 g/mol. The van der Waals surface area contributed by atoms with Gasteiger partial charge in [0.2, 0.25) is 0 Å². The first kappa shape index (κ1) is 14.4. The minimum Gasteiger partial charge on any atom is -0.545 e. The van der Waals surface area contributed by atoms with E-state index in [1.807, 2.05) is 13.8 Å². The molecule has 0 spiro atoms. The smallest absolute Gasteiger partial charge is 0.151 e. The van der Waals surface area contributed by atoms with Crippen LogP contribution in [0.1, 0.15) is 24.2 Å². The van der Waals surface area contributed by atoms with Gasteiger partial charge in [0.1, 0.15) is 10.2 Å². The Kier molecular flexibility index (Phi) is 4.86. The van der Waals surface area contributed by atoms with Gasteiger partial charge in [-0.25, -0.2) is 4.98 Å². The molecule has 1 rings (SSSR count). The quantitative estimate of drug-likeness (QED) is 0.800. The molecule has 0 saturated heterocycles. The Morgan fingerprint density at radius 1 is 1.24 bits per heavy atom. The Balaban J connectivity index is 3.57. The molecule has 0 atom stereocenters. The number of carbonyl (C=O) groups is 1. The Morgan fingerprint density at radius 2 is 1.76 bits per heavy atom. The van der Waals surface area contributed by atoms with E-state index >= 15 is 0 Å². The number of pyridine rings is 1. The highest BCUT2D eigenvalue weighted by molar-refractivity contribution is 6.45. The maximum Gasteiger partial charge on any atom is 0.151 e. The van der Waals surface area contributed by atoms with E-state index in [2.05, 4.69) is 4.98 Å². The van der Waals surface area contributed by atoms with Crippen LogP contribution in [-0.2, 0) is 0 Å². The fraction of sp³-hybridized carbons (Fsp3) is 0.400. The molecule has 0 amide bonds. The van der Waals surface area contributed by atoms with E-state index in [-0.39, 0.29) is 26.6 Å². The first-order valence-electron chi connectivity index (χ1n) is 4.94. The third kappa shape index (κ3) is 2.76. The van der Waals surface area contributed by atoms with Crippen LogP contribution in [0.4, 0.5) is 5.69 Å². The second kappa shape index (κ2) is 5.76. The summed E-state index contributed by atoms with van der Waals surface area (Å²) in [5.74, 6) is -1.43. The van der Waals surface area contributed by atoms with Crippen molar-refractivity contribution < 1.29 is 9.90 Å². The van der Waals surface area contributed by atoms with Crippen molar-refractivity contribution >= 4 is 46.5 Å². The highest BCUT2D eigenvalue weighted by Crippen LogP contribution is 2.37. The first-order valence-corrected chi connectivity index (χ1v) is 6.08. The molecule has 0 radical (unpaired) electrons. The molecule has 0 aliphatic rings. The lowest BCUT2D eigenvalue weighted by atomic mass is 10.2. The fourth-order valence-corrected chi connectivity index (χ4v) is 2.24. The third-order valence-corrected chi connectivity index (χ3v) is 3.31. The zero-order valence-electron chi connectivity index (χ0n) is 9.26. The number of halogens is 3. The highest BCUT2D eigenvalue weighted by Gasteiger charge is 2.21. The van der Waals surface area contributed by atoms with Crippen molar-refractivity contribution in [2.24, 2.45) is 0 Å². The molecule has 1 aromatic heterocycles. The molecule has 7 heteroatoms. The SMILES string of the molecule is CCN(CC)c1c(Cl)c(Cl)nc(Cl)c1C(=O)[O-]. The average molecular weight is 297 g/mol. The summed E-state index contributed by atoms with van der Waals surface area (Å²) < 4.78 is 0. The van der Waals surface area contributed by atoms with Gasteiger partial charge in [0.05, 0.1) is 17.2 Å². The van der Waals surface area contributed by atoms with Gasteiger partial charge in [-0.3, -0.25) is 0 Å². The van der Waals surface area contributed by atoms with E-state index < -0.39 is 5.97 Å². The number of anilines is 1. The molecule has 0 bridgehead atoms. The van der Waals surface area contributed by atoms with Gasteiger partial charge in [0.25, 0.3) is 0 Å². The van der Waals surface area contributed by atoms with Crippen LogP contribution < -0.4 is 10.0 Å². The molecule has 1 aromatic rings. The summed E-state index contributed by atoms with van der Waals surface area (Å²) in [4.78, 5) is 16.5. The van der Waals surface area contributed by atoms with Gasteiger partial charge in [-0.15, -0.1) is 0 Å². The number of carboxylic acid groups (broad SMARTS) is 1. The maximum atomic E-state index is 11.1.